The third kappa shape index (κ3) is 5.53. The monoisotopic (exact) mass is 345 g/mol. The van der Waals surface area contributed by atoms with Gasteiger partial charge in [-0.2, -0.15) is 0 Å². The maximum Gasteiger partial charge on any atom is 0.331 e. The van der Waals surface area contributed by atoms with Crippen molar-refractivity contribution in [2.75, 3.05) is 5.32 Å². The molecular weight excluding hydrogens is 328 g/mol. The molecule has 0 saturated heterocycles. The quantitative estimate of drug-likeness (QED) is 0.661. The molecule has 1 amide bonds. The summed E-state index contributed by atoms with van der Waals surface area (Å²) in [6.07, 6.45) is 1.59. The molecule has 130 valence electrons. The number of carbonyl (C=O) groups is 2. The highest BCUT2D eigenvalue weighted by Gasteiger charge is 2.18. The van der Waals surface area contributed by atoms with Crippen LogP contribution >= 0.6 is 0 Å². The zero-order valence-electron chi connectivity index (χ0n) is 13.8. The molecule has 0 aromatic heterocycles. The van der Waals surface area contributed by atoms with Gasteiger partial charge >= 0.3 is 5.97 Å². The molecule has 25 heavy (non-hydrogen) atoms. The number of esters is 1. The van der Waals surface area contributed by atoms with Gasteiger partial charge in [-0.25, -0.2) is 13.6 Å². The van der Waals surface area contributed by atoms with Gasteiger partial charge in [-0.05, 0) is 37.6 Å². The third-order valence-corrected chi connectivity index (χ3v) is 3.30. The Balaban J connectivity index is 1.94. The lowest BCUT2D eigenvalue weighted by Gasteiger charge is -2.12. The number of rotatable bonds is 5. The standard InChI is InChI=1S/C19H17F2NO3/c1-12-4-3-5-14(10-12)6-9-18(23)25-13(2)19(24)22-17-11-15(20)7-8-16(17)21/h3-11,13H,1-2H3,(H,22,24)/b9-6+/t13-/m0/s1. The number of hydrogen-bond acceptors (Lipinski definition) is 3. The minimum Gasteiger partial charge on any atom is -0.449 e. The molecule has 4 nitrogen and oxygen atoms in total. The molecule has 0 bridgehead atoms. The molecule has 0 spiro atoms. The second kappa shape index (κ2) is 8.19. The van der Waals surface area contributed by atoms with Crippen molar-refractivity contribution in [3.8, 4) is 0 Å². The summed E-state index contributed by atoms with van der Waals surface area (Å²) in [7, 11) is 0. The van der Waals surface area contributed by atoms with Gasteiger partial charge in [-0.3, -0.25) is 4.79 Å². The van der Waals surface area contributed by atoms with Gasteiger partial charge in [0.15, 0.2) is 6.10 Å². The summed E-state index contributed by atoms with van der Waals surface area (Å²) >= 11 is 0. The summed E-state index contributed by atoms with van der Waals surface area (Å²) in [6.45, 7) is 3.26. The molecule has 0 aliphatic rings. The summed E-state index contributed by atoms with van der Waals surface area (Å²) in [6, 6.07) is 10.2. The number of anilines is 1. The van der Waals surface area contributed by atoms with Crippen molar-refractivity contribution in [3.63, 3.8) is 0 Å². The lowest BCUT2D eigenvalue weighted by molar-refractivity contribution is -0.148. The van der Waals surface area contributed by atoms with E-state index < -0.39 is 29.6 Å². The average molecular weight is 345 g/mol. The van der Waals surface area contributed by atoms with E-state index in [4.69, 9.17) is 4.74 Å². The Hall–Kier alpha value is -3.02. The van der Waals surface area contributed by atoms with Crippen LogP contribution in [0.1, 0.15) is 18.1 Å². The summed E-state index contributed by atoms with van der Waals surface area (Å²) < 4.78 is 31.5. The SMILES string of the molecule is Cc1cccc(/C=C/C(=O)O[C@@H](C)C(=O)Nc2cc(F)ccc2F)c1. The number of benzene rings is 2. The molecule has 0 radical (unpaired) electrons. The van der Waals surface area contributed by atoms with E-state index in [-0.39, 0.29) is 5.69 Å². The molecule has 0 aliphatic carbocycles. The highest BCUT2D eigenvalue weighted by molar-refractivity contribution is 5.96. The Morgan fingerprint density at radius 1 is 1.16 bits per heavy atom. The highest BCUT2D eigenvalue weighted by Crippen LogP contribution is 2.16. The first-order valence-electron chi connectivity index (χ1n) is 7.56. The molecule has 2 rings (SSSR count). The van der Waals surface area contributed by atoms with Crippen LogP contribution in [0, 0.1) is 18.6 Å². The summed E-state index contributed by atoms with van der Waals surface area (Å²) in [5.74, 6) is -2.96. The van der Waals surface area contributed by atoms with E-state index in [1.807, 2.05) is 31.2 Å². The second-order valence-corrected chi connectivity index (χ2v) is 5.44. The maximum absolute atomic E-state index is 13.5. The van der Waals surface area contributed by atoms with Gasteiger partial charge in [0.1, 0.15) is 11.6 Å². The lowest BCUT2D eigenvalue weighted by atomic mass is 10.1. The number of aryl methyl sites for hydroxylation is 1. The van der Waals surface area contributed by atoms with Crippen molar-refractivity contribution >= 4 is 23.6 Å². The molecule has 2 aromatic rings. The Labute approximate surface area is 144 Å². The molecule has 1 atom stereocenters. The number of halogens is 2. The van der Waals surface area contributed by atoms with Crippen molar-refractivity contribution in [2.45, 2.75) is 20.0 Å². The molecule has 1 N–H and O–H groups in total. The Morgan fingerprint density at radius 2 is 1.92 bits per heavy atom. The van der Waals surface area contributed by atoms with Crippen molar-refractivity contribution in [3.05, 3.63) is 71.3 Å². The maximum atomic E-state index is 13.5. The first-order chi connectivity index (χ1) is 11.8. The minimum atomic E-state index is -1.17. The molecule has 0 fully saturated rings. The van der Waals surface area contributed by atoms with Crippen molar-refractivity contribution in [1.82, 2.24) is 0 Å². The zero-order chi connectivity index (χ0) is 18.4. The van der Waals surface area contributed by atoms with E-state index in [0.717, 1.165) is 29.3 Å². The van der Waals surface area contributed by atoms with Crippen LogP contribution in [0.2, 0.25) is 0 Å². The molecular formula is C19H17F2NO3. The molecule has 0 saturated carbocycles. The zero-order valence-corrected chi connectivity index (χ0v) is 13.8. The summed E-state index contributed by atoms with van der Waals surface area (Å²) in [5, 5.41) is 2.18. The van der Waals surface area contributed by atoms with Gasteiger partial charge in [0.25, 0.3) is 5.91 Å². The van der Waals surface area contributed by atoms with Gasteiger partial charge < -0.3 is 10.1 Å². The second-order valence-electron chi connectivity index (χ2n) is 5.44. The predicted octanol–water partition coefficient (Wildman–Crippen LogP) is 3.86. The van der Waals surface area contributed by atoms with Crippen molar-refractivity contribution < 1.29 is 23.1 Å². The first-order valence-corrected chi connectivity index (χ1v) is 7.56. The van der Waals surface area contributed by atoms with Gasteiger partial charge in [0, 0.05) is 12.1 Å². The van der Waals surface area contributed by atoms with Crippen LogP contribution in [0.25, 0.3) is 6.08 Å². The molecule has 6 heteroatoms. The van der Waals surface area contributed by atoms with E-state index in [1.165, 1.54) is 13.0 Å². The topological polar surface area (TPSA) is 55.4 Å². The van der Waals surface area contributed by atoms with E-state index >= 15 is 0 Å². The van der Waals surface area contributed by atoms with Crippen molar-refractivity contribution in [2.24, 2.45) is 0 Å². The Morgan fingerprint density at radius 3 is 2.64 bits per heavy atom. The Kier molecular flexibility index (Phi) is 6.00. The van der Waals surface area contributed by atoms with Gasteiger partial charge in [0.05, 0.1) is 5.69 Å². The van der Waals surface area contributed by atoms with Crippen LogP contribution < -0.4 is 5.32 Å². The number of carbonyl (C=O) groups excluding carboxylic acids is 2. The summed E-state index contributed by atoms with van der Waals surface area (Å²) in [4.78, 5) is 23.7. The largest absolute Gasteiger partial charge is 0.449 e. The number of nitrogens with one attached hydrogen (secondary N) is 1. The van der Waals surface area contributed by atoms with Gasteiger partial charge in [-0.1, -0.05) is 29.8 Å². The fourth-order valence-electron chi connectivity index (χ4n) is 2.03. The number of ether oxygens (including phenoxy) is 1. The van der Waals surface area contributed by atoms with E-state index in [1.54, 1.807) is 6.08 Å². The first kappa shape index (κ1) is 18.3. The van der Waals surface area contributed by atoms with E-state index in [2.05, 4.69) is 5.32 Å². The number of hydrogen-bond donors (Lipinski definition) is 1. The van der Waals surface area contributed by atoms with Crippen LogP contribution in [-0.4, -0.2) is 18.0 Å². The van der Waals surface area contributed by atoms with Crippen LogP contribution in [0.3, 0.4) is 0 Å². The van der Waals surface area contributed by atoms with Crippen LogP contribution in [0.15, 0.2) is 48.5 Å². The van der Waals surface area contributed by atoms with Gasteiger partial charge in [-0.15, -0.1) is 0 Å². The number of amides is 1. The Bertz CT molecular complexity index is 818. The minimum absolute atomic E-state index is 0.316. The van der Waals surface area contributed by atoms with E-state index in [0.29, 0.717) is 0 Å². The molecule has 2 aromatic carbocycles. The third-order valence-electron chi connectivity index (χ3n) is 3.30. The predicted molar refractivity (Wildman–Crippen MR) is 90.8 cm³/mol. The molecule has 0 unspecified atom stereocenters. The van der Waals surface area contributed by atoms with Gasteiger partial charge in [0.2, 0.25) is 0 Å². The molecule has 0 aliphatic heterocycles. The van der Waals surface area contributed by atoms with Crippen molar-refractivity contribution in [1.29, 1.82) is 0 Å². The fraction of sp³-hybridized carbons (Fsp3) is 0.158. The average Bonchev–Trinajstić information content (AvgIpc) is 2.56. The molecule has 0 heterocycles. The smallest absolute Gasteiger partial charge is 0.331 e. The highest BCUT2D eigenvalue weighted by atomic mass is 19.1. The normalized spacial score (nSPS) is 12.0. The van der Waals surface area contributed by atoms with E-state index in [9.17, 15) is 18.4 Å². The van der Waals surface area contributed by atoms with Crippen LogP contribution in [-0.2, 0) is 14.3 Å². The fourth-order valence-corrected chi connectivity index (χ4v) is 2.03. The lowest BCUT2D eigenvalue weighted by Crippen LogP contribution is -2.29. The summed E-state index contributed by atoms with van der Waals surface area (Å²) in [5.41, 5.74) is 1.54. The van der Waals surface area contributed by atoms with Crippen LogP contribution in [0.4, 0.5) is 14.5 Å². The van der Waals surface area contributed by atoms with Crippen LogP contribution in [0.5, 0.6) is 0 Å².